The molecule has 2 rings (SSSR count). The van der Waals surface area contributed by atoms with Crippen LogP contribution in [0.1, 0.15) is 18.4 Å². The fourth-order valence-electron chi connectivity index (χ4n) is 2.36. The highest BCUT2D eigenvalue weighted by atomic mass is 15.1. The zero-order chi connectivity index (χ0) is 10.5. The Balaban J connectivity index is 1.82. The first kappa shape index (κ1) is 10.7. The van der Waals surface area contributed by atoms with Crippen LogP contribution in [-0.4, -0.2) is 24.5 Å². The SMILES string of the molecule is [CH2]CN1CCC(Cc2ccccc2)CC1. The third kappa shape index (κ3) is 3.07. The van der Waals surface area contributed by atoms with Crippen LogP contribution in [0.2, 0.25) is 0 Å². The van der Waals surface area contributed by atoms with Gasteiger partial charge in [-0.3, -0.25) is 0 Å². The maximum atomic E-state index is 3.94. The Morgan fingerprint density at radius 3 is 2.40 bits per heavy atom. The molecule has 1 aromatic carbocycles. The molecule has 0 bridgehead atoms. The van der Waals surface area contributed by atoms with Crippen LogP contribution >= 0.6 is 0 Å². The van der Waals surface area contributed by atoms with Crippen molar-refractivity contribution in [1.29, 1.82) is 0 Å². The van der Waals surface area contributed by atoms with Crippen LogP contribution in [0.15, 0.2) is 30.3 Å². The van der Waals surface area contributed by atoms with Gasteiger partial charge < -0.3 is 4.90 Å². The molecule has 0 saturated carbocycles. The van der Waals surface area contributed by atoms with Crippen molar-refractivity contribution in [1.82, 2.24) is 4.90 Å². The first-order valence-electron chi connectivity index (χ1n) is 5.94. The van der Waals surface area contributed by atoms with E-state index in [1.54, 1.807) is 0 Å². The molecular weight excluding hydrogens is 182 g/mol. The summed E-state index contributed by atoms with van der Waals surface area (Å²) in [5, 5.41) is 0. The molecule has 0 aliphatic carbocycles. The fourth-order valence-corrected chi connectivity index (χ4v) is 2.36. The quantitative estimate of drug-likeness (QED) is 0.728. The van der Waals surface area contributed by atoms with E-state index in [0.717, 1.165) is 12.5 Å². The van der Waals surface area contributed by atoms with E-state index in [1.165, 1.54) is 37.9 Å². The Kier molecular flexibility index (Phi) is 3.79. The second kappa shape index (κ2) is 5.32. The van der Waals surface area contributed by atoms with Gasteiger partial charge in [-0.1, -0.05) is 30.3 Å². The van der Waals surface area contributed by atoms with Crippen LogP contribution in [0.25, 0.3) is 0 Å². The third-order valence-electron chi connectivity index (χ3n) is 3.39. The lowest BCUT2D eigenvalue weighted by Gasteiger charge is -2.31. The number of nitrogens with zero attached hydrogens (tertiary/aromatic N) is 1. The van der Waals surface area contributed by atoms with Gasteiger partial charge in [0, 0.05) is 0 Å². The summed E-state index contributed by atoms with van der Waals surface area (Å²) in [5.41, 5.74) is 1.49. The van der Waals surface area contributed by atoms with Crippen LogP contribution in [0.4, 0.5) is 0 Å². The van der Waals surface area contributed by atoms with Crippen molar-refractivity contribution in [3.63, 3.8) is 0 Å². The average molecular weight is 202 g/mol. The minimum atomic E-state index is 0.884. The largest absolute Gasteiger partial charge is 0.303 e. The van der Waals surface area contributed by atoms with Gasteiger partial charge in [0.25, 0.3) is 0 Å². The van der Waals surface area contributed by atoms with E-state index in [-0.39, 0.29) is 0 Å². The van der Waals surface area contributed by atoms with Gasteiger partial charge in [-0.05, 0) is 57.3 Å². The number of hydrogen-bond donors (Lipinski definition) is 0. The van der Waals surface area contributed by atoms with Crippen LogP contribution in [0, 0.1) is 12.8 Å². The van der Waals surface area contributed by atoms with Crippen LogP contribution in [0.5, 0.6) is 0 Å². The van der Waals surface area contributed by atoms with Crippen LogP contribution < -0.4 is 0 Å². The van der Waals surface area contributed by atoms with E-state index in [1.807, 2.05) is 0 Å². The summed E-state index contributed by atoms with van der Waals surface area (Å²) < 4.78 is 0. The minimum absolute atomic E-state index is 0.884. The molecule has 0 unspecified atom stereocenters. The molecule has 0 N–H and O–H groups in total. The summed E-state index contributed by atoms with van der Waals surface area (Å²) in [6, 6.07) is 10.9. The summed E-state index contributed by atoms with van der Waals surface area (Å²) in [4.78, 5) is 2.45. The first-order chi connectivity index (χ1) is 7.38. The maximum Gasteiger partial charge on any atom is -0.00160 e. The van der Waals surface area contributed by atoms with Crippen molar-refractivity contribution in [2.45, 2.75) is 19.3 Å². The molecule has 15 heavy (non-hydrogen) atoms. The summed E-state index contributed by atoms with van der Waals surface area (Å²) in [5.74, 6) is 0.884. The van der Waals surface area contributed by atoms with Gasteiger partial charge in [0.1, 0.15) is 0 Å². The topological polar surface area (TPSA) is 3.24 Å². The van der Waals surface area contributed by atoms with Crippen molar-refractivity contribution in [2.75, 3.05) is 19.6 Å². The summed E-state index contributed by atoms with van der Waals surface area (Å²) in [7, 11) is 0. The first-order valence-corrected chi connectivity index (χ1v) is 5.94. The monoisotopic (exact) mass is 202 g/mol. The molecule has 1 radical (unpaired) electrons. The molecule has 81 valence electrons. The van der Waals surface area contributed by atoms with Crippen LogP contribution in [-0.2, 0) is 6.42 Å². The van der Waals surface area contributed by atoms with Gasteiger partial charge >= 0.3 is 0 Å². The summed E-state index contributed by atoms with van der Waals surface area (Å²) in [6.45, 7) is 7.39. The maximum absolute atomic E-state index is 3.94. The summed E-state index contributed by atoms with van der Waals surface area (Å²) >= 11 is 0. The molecule has 1 aliphatic heterocycles. The molecule has 1 fully saturated rings. The van der Waals surface area contributed by atoms with E-state index in [4.69, 9.17) is 0 Å². The Labute approximate surface area is 93.1 Å². The molecule has 1 heteroatoms. The molecule has 1 aliphatic rings. The van der Waals surface area contributed by atoms with Gasteiger partial charge in [0.15, 0.2) is 0 Å². The lowest BCUT2D eigenvalue weighted by Crippen LogP contribution is -2.34. The average Bonchev–Trinajstić information content (AvgIpc) is 2.31. The third-order valence-corrected chi connectivity index (χ3v) is 3.39. The number of likely N-dealkylation sites (tertiary alicyclic amines) is 1. The van der Waals surface area contributed by atoms with Crippen molar-refractivity contribution in [2.24, 2.45) is 5.92 Å². The molecule has 1 saturated heterocycles. The smallest absolute Gasteiger partial charge is 0.00160 e. The van der Waals surface area contributed by atoms with Crippen molar-refractivity contribution >= 4 is 0 Å². The Bertz CT molecular complexity index is 273. The highest BCUT2D eigenvalue weighted by Gasteiger charge is 2.17. The van der Waals surface area contributed by atoms with Gasteiger partial charge in [-0.25, -0.2) is 0 Å². The molecule has 0 aromatic heterocycles. The van der Waals surface area contributed by atoms with E-state index in [2.05, 4.69) is 42.2 Å². The molecular formula is C14H20N. The van der Waals surface area contributed by atoms with E-state index < -0.39 is 0 Å². The van der Waals surface area contributed by atoms with E-state index in [0.29, 0.717) is 0 Å². The molecule has 1 aromatic rings. The highest BCUT2D eigenvalue weighted by molar-refractivity contribution is 5.15. The molecule has 1 nitrogen and oxygen atoms in total. The van der Waals surface area contributed by atoms with Gasteiger partial charge in [-0.15, -0.1) is 0 Å². The molecule has 0 amide bonds. The fraction of sp³-hybridized carbons (Fsp3) is 0.500. The normalized spacial score (nSPS) is 19.3. The molecule has 0 spiro atoms. The Morgan fingerprint density at radius 2 is 1.80 bits per heavy atom. The molecule has 1 heterocycles. The zero-order valence-electron chi connectivity index (χ0n) is 9.36. The second-order valence-electron chi connectivity index (χ2n) is 4.47. The number of rotatable bonds is 3. The van der Waals surface area contributed by atoms with Crippen molar-refractivity contribution < 1.29 is 0 Å². The Morgan fingerprint density at radius 1 is 1.13 bits per heavy atom. The standard InChI is InChI=1S/C14H20N/c1-2-15-10-8-14(9-11-15)12-13-6-4-3-5-7-13/h3-7,14H,1-2,8-12H2. The predicted octanol–water partition coefficient (Wildman–Crippen LogP) is 2.78. The zero-order valence-corrected chi connectivity index (χ0v) is 9.36. The lowest BCUT2D eigenvalue weighted by molar-refractivity contribution is 0.199. The second-order valence-corrected chi connectivity index (χ2v) is 4.47. The highest BCUT2D eigenvalue weighted by Crippen LogP contribution is 2.21. The predicted molar refractivity (Wildman–Crippen MR) is 64.7 cm³/mol. The van der Waals surface area contributed by atoms with Gasteiger partial charge in [0.05, 0.1) is 0 Å². The minimum Gasteiger partial charge on any atom is -0.303 e. The van der Waals surface area contributed by atoms with E-state index >= 15 is 0 Å². The van der Waals surface area contributed by atoms with Gasteiger partial charge in [0.2, 0.25) is 0 Å². The Hall–Kier alpha value is -0.820. The number of hydrogen-bond acceptors (Lipinski definition) is 1. The van der Waals surface area contributed by atoms with Crippen molar-refractivity contribution in [3.8, 4) is 0 Å². The summed E-state index contributed by atoms with van der Waals surface area (Å²) in [6.07, 6.45) is 3.93. The van der Waals surface area contributed by atoms with Gasteiger partial charge in [-0.2, -0.15) is 0 Å². The van der Waals surface area contributed by atoms with Crippen molar-refractivity contribution in [3.05, 3.63) is 42.8 Å². The lowest BCUT2D eigenvalue weighted by atomic mass is 9.90. The number of piperidine rings is 1. The van der Waals surface area contributed by atoms with E-state index in [9.17, 15) is 0 Å². The van der Waals surface area contributed by atoms with Crippen LogP contribution in [0.3, 0.4) is 0 Å². The molecule has 0 atom stereocenters. The number of benzene rings is 1.